The molecule has 1 aromatic carbocycles. The van der Waals surface area contributed by atoms with Crippen molar-refractivity contribution in [2.45, 2.75) is 59.3 Å². The maximum absolute atomic E-state index is 12.2. The van der Waals surface area contributed by atoms with Gasteiger partial charge in [-0.25, -0.2) is 4.98 Å². The van der Waals surface area contributed by atoms with Crippen molar-refractivity contribution in [3.8, 4) is 11.3 Å². The summed E-state index contributed by atoms with van der Waals surface area (Å²) in [4.78, 5) is 30.7. The minimum atomic E-state index is 0.0184. The molecule has 6 heteroatoms. The van der Waals surface area contributed by atoms with Crippen molar-refractivity contribution in [1.82, 2.24) is 15.2 Å². The molecule has 2 rings (SSSR count). The molecule has 2 aromatic rings. The van der Waals surface area contributed by atoms with Gasteiger partial charge in [0.2, 0.25) is 11.8 Å². The van der Waals surface area contributed by atoms with Crippen LogP contribution in [0.15, 0.2) is 29.6 Å². The first-order valence-electron chi connectivity index (χ1n) is 10.6. The minimum Gasteiger partial charge on any atom is -0.356 e. The highest BCUT2D eigenvalue weighted by atomic mass is 32.1. The van der Waals surface area contributed by atoms with Crippen LogP contribution in [0, 0.1) is 6.92 Å². The van der Waals surface area contributed by atoms with Gasteiger partial charge in [-0.1, -0.05) is 38.1 Å². The van der Waals surface area contributed by atoms with Crippen molar-refractivity contribution < 1.29 is 9.59 Å². The summed E-state index contributed by atoms with van der Waals surface area (Å²) in [6.07, 6.45) is 4.19. The molecule has 158 valence electrons. The quantitative estimate of drug-likeness (QED) is 0.551. The lowest BCUT2D eigenvalue weighted by Gasteiger charge is -2.21. The lowest BCUT2D eigenvalue weighted by Crippen LogP contribution is -2.32. The summed E-state index contributed by atoms with van der Waals surface area (Å²) >= 11 is 1.65. The van der Waals surface area contributed by atoms with E-state index in [4.69, 9.17) is 0 Å². The van der Waals surface area contributed by atoms with Gasteiger partial charge in [0.05, 0.1) is 10.7 Å². The van der Waals surface area contributed by atoms with E-state index in [0.29, 0.717) is 25.8 Å². The summed E-state index contributed by atoms with van der Waals surface area (Å²) < 4.78 is 0. The number of benzene rings is 1. The molecule has 0 spiro atoms. The number of hydrogen-bond acceptors (Lipinski definition) is 4. The molecule has 0 saturated carbocycles. The lowest BCUT2D eigenvalue weighted by molar-refractivity contribution is -0.131. The second-order valence-corrected chi connectivity index (χ2v) is 8.35. The first kappa shape index (κ1) is 23.1. The van der Waals surface area contributed by atoms with E-state index in [0.717, 1.165) is 48.6 Å². The molecule has 5 nitrogen and oxygen atoms in total. The van der Waals surface area contributed by atoms with Crippen LogP contribution >= 0.6 is 11.3 Å². The van der Waals surface area contributed by atoms with E-state index in [-0.39, 0.29) is 11.8 Å². The predicted molar refractivity (Wildman–Crippen MR) is 120 cm³/mol. The zero-order valence-corrected chi connectivity index (χ0v) is 18.7. The van der Waals surface area contributed by atoms with Gasteiger partial charge in [-0.2, -0.15) is 0 Å². The molecule has 1 heterocycles. The Hall–Kier alpha value is -2.21. The summed E-state index contributed by atoms with van der Waals surface area (Å²) in [6, 6.07) is 8.33. The smallest absolute Gasteiger partial charge is 0.222 e. The van der Waals surface area contributed by atoms with Crippen LogP contribution in [0.4, 0.5) is 0 Å². The van der Waals surface area contributed by atoms with Crippen molar-refractivity contribution in [3.05, 3.63) is 40.2 Å². The van der Waals surface area contributed by atoms with Gasteiger partial charge in [0.15, 0.2) is 0 Å². The summed E-state index contributed by atoms with van der Waals surface area (Å²) in [7, 11) is 0. The number of amides is 2. The first-order valence-corrected chi connectivity index (χ1v) is 11.5. The molecule has 0 bridgehead atoms. The van der Waals surface area contributed by atoms with Gasteiger partial charge in [0, 0.05) is 43.4 Å². The fourth-order valence-corrected chi connectivity index (χ4v) is 3.85. The molecule has 1 N–H and O–H groups in total. The molecular weight excluding hydrogens is 382 g/mol. The van der Waals surface area contributed by atoms with E-state index >= 15 is 0 Å². The molecule has 0 unspecified atom stereocenters. The zero-order chi connectivity index (χ0) is 21.1. The van der Waals surface area contributed by atoms with Crippen molar-refractivity contribution in [2.24, 2.45) is 0 Å². The Morgan fingerprint density at radius 2 is 1.76 bits per heavy atom. The Morgan fingerprint density at radius 3 is 2.34 bits per heavy atom. The van der Waals surface area contributed by atoms with E-state index in [1.165, 1.54) is 5.56 Å². The third kappa shape index (κ3) is 7.97. The fourth-order valence-electron chi connectivity index (χ4n) is 3.23. The monoisotopic (exact) mass is 415 g/mol. The molecule has 0 aliphatic rings. The Kier molecular flexibility index (Phi) is 9.84. The van der Waals surface area contributed by atoms with Crippen LogP contribution in [0.2, 0.25) is 0 Å². The molecule has 0 atom stereocenters. The minimum absolute atomic E-state index is 0.0184. The SMILES string of the molecule is CCCN(CCC)C(=O)CCCC(=O)NCCc1ccc(-c2csc(C)n2)cc1. The summed E-state index contributed by atoms with van der Waals surface area (Å²) in [5.74, 6) is 0.182. The zero-order valence-electron chi connectivity index (χ0n) is 17.9. The van der Waals surface area contributed by atoms with Crippen LogP contribution in [-0.4, -0.2) is 41.3 Å². The fraction of sp³-hybridized carbons (Fsp3) is 0.522. The van der Waals surface area contributed by atoms with E-state index in [1.807, 2.05) is 11.8 Å². The molecular formula is C23H33N3O2S. The Morgan fingerprint density at radius 1 is 1.07 bits per heavy atom. The number of nitrogens with zero attached hydrogens (tertiary/aromatic N) is 2. The number of hydrogen-bond donors (Lipinski definition) is 1. The third-order valence-electron chi connectivity index (χ3n) is 4.74. The summed E-state index contributed by atoms with van der Waals surface area (Å²) in [5, 5.41) is 6.09. The number of carbonyl (C=O) groups excluding carboxylic acids is 2. The predicted octanol–water partition coefficient (Wildman–Crippen LogP) is 4.60. The van der Waals surface area contributed by atoms with Crippen molar-refractivity contribution in [2.75, 3.05) is 19.6 Å². The van der Waals surface area contributed by atoms with E-state index < -0.39 is 0 Å². The lowest BCUT2D eigenvalue weighted by atomic mass is 10.1. The Labute approximate surface area is 178 Å². The average molecular weight is 416 g/mol. The van der Waals surface area contributed by atoms with Crippen LogP contribution in [0.1, 0.15) is 56.5 Å². The van der Waals surface area contributed by atoms with E-state index in [2.05, 4.69) is 53.8 Å². The van der Waals surface area contributed by atoms with Crippen molar-refractivity contribution in [3.63, 3.8) is 0 Å². The molecule has 0 saturated heterocycles. The average Bonchev–Trinajstić information content (AvgIpc) is 3.14. The van der Waals surface area contributed by atoms with Gasteiger partial charge < -0.3 is 10.2 Å². The highest BCUT2D eigenvalue weighted by Crippen LogP contribution is 2.21. The number of thiazole rings is 1. The molecule has 2 amide bonds. The highest BCUT2D eigenvalue weighted by molar-refractivity contribution is 7.09. The standard InChI is InChI=1S/C23H33N3O2S/c1-4-15-26(16-5-2)23(28)8-6-7-22(27)24-14-13-19-9-11-20(12-10-19)21-17-29-18(3)25-21/h9-12,17H,4-8,13-16H2,1-3H3,(H,24,27). The van der Waals surface area contributed by atoms with Gasteiger partial charge in [-0.15, -0.1) is 11.3 Å². The van der Waals surface area contributed by atoms with Crippen LogP contribution in [0.5, 0.6) is 0 Å². The van der Waals surface area contributed by atoms with Gasteiger partial charge in [-0.05, 0) is 38.2 Å². The summed E-state index contributed by atoms with van der Waals surface area (Å²) in [5.41, 5.74) is 3.32. The van der Waals surface area contributed by atoms with Crippen LogP contribution in [0.3, 0.4) is 0 Å². The Bertz CT molecular complexity index is 765. The van der Waals surface area contributed by atoms with Crippen LogP contribution in [-0.2, 0) is 16.0 Å². The maximum Gasteiger partial charge on any atom is 0.222 e. The van der Waals surface area contributed by atoms with Crippen molar-refractivity contribution >= 4 is 23.2 Å². The van der Waals surface area contributed by atoms with Gasteiger partial charge in [-0.3, -0.25) is 9.59 Å². The second-order valence-electron chi connectivity index (χ2n) is 7.28. The normalized spacial score (nSPS) is 10.7. The van der Waals surface area contributed by atoms with E-state index in [1.54, 1.807) is 11.3 Å². The second kappa shape index (κ2) is 12.4. The largest absolute Gasteiger partial charge is 0.356 e. The van der Waals surface area contributed by atoms with Gasteiger partial charge in [0.25, 0.3) is 0 Å². The molecule has 0 aliphatic heterocycles. The number of rotatable bonds is 12. The molecule has 0 fully saturated rings. The summed E-state index contributed by atoms with van der Waals surface area (Å²) in [6.45, 7) is 8.39. The number of aryl methyl sites for hydroxylation is 1. The molecule has 0 aliphatic carbocycles. The van der Waals surface area contributed by atoms with Crippen molar-refractivity contribution in [1.29, 1.82) is 0 Å². The number of carbonyl (C=O) groups is 2. The molecule has 1 aromatic heterocycles. The molecule has 29 heavy (non-hydrogen) atoms. The molecule has 0 radical (unpaired) electrons. The van der Waals surface area contributed by atoms with Gasteiger partial charge in [0.1, 0.15) is 0 Å². The van der Waals surface area contributed by atoms with E-state index in [9.17, 15) is 9.59 Å². The topological polar surface area (TPSA) is 62.3 Å². The van der Waals surface area contributed by atoms with Crippen LogP contribution < -0.4 is 5.32 Å². The van der Waals surface area contributed by atoms with Crippen LogP contribution in [0.25, 0.3) is 11.3 Å². The maximum atomic E-state index is 12.2. The first-order chi connectivity index (χ1) is 14.0. The van der Waals surface area contributed by atoms with Gasteiger partial charge >= 0.3 is 0 Å². The Balaban J connectivity index is 1.66. The third-order valence-corrected chi connectivity index (χ3v) is 5.51. The highest BCUT2D eigenvalue weighted by Gasteiger charge is 2.12. The number of nitrogens with one attached hydrogen (secondary N) is 1. The number of aromatic nitrogens is 1.